The lowest BCUT2D eigenvalue weighted by molar-refractivity contribution is -0.118. The first-order chi connectivity index (χ1) is 11.6. The molecule has 2 rings (SSSR count). The number of benzene rings is 2. The zero-order chi connectivity index (χ0) is 17.2. The summed E-state index contributed by atoms with van der Waals surface area (Å²) in [4.78, 5) is 11.8. The zero-order valence-corrected chi connectivity index (χ0v) is 13.9. The van der Waals surface area contributed by atoms with E-state index in [-0.39, 0.29) is 11.7 Å². The highest BCUT2D eigenvalue weighted by Crippen LogP contribution is 2.15. The fourth-order valence-electron chi connectivity index (χ4n) is 2.07. The number of rotatable bonds is 9. The SMILES string of the molecule is O=C(CSCc1ccccc1)NCCc1ccc(OC(F)F)cc1. The van der Waals surface area contributed by atoms with Gasteiger partial charge in [0.05, 0.1) is 5.75 Å². The summed E-state index contributed by atoms with van der Waals surface area (Å²) < 4.78 is 28.4. The molecule has 0 unspecified atom stereocenters. The van der Waals surface area contributed by atoms with Crippen LogP contribution in [0, 0.1) is 0 Å². The van der Waals surface area contributed by atoms with Crippen LogP contribution in [0.25, 0.3) is 0 Å². The summed E-state index contributed by atoms with van der Waals surface area (Å²) in [7, 11) is 0. The third-order valence-corrected chi connectivity index (χ3v) is 4.23. The molecule has 0 spiro atoms. The first-order valence-electron chi connectivity index (χ1n) is 7.55. The van der Waals surface area contributed by atoms with Crippen LogP contribution in [0.3, 0.4) is 0 Å². The number of alkyl halides is 2. The molecule has 2 aromatic rings. The maximum absolute atomic E-state index is 12.1. The van der Waals surface area contributed by atoms with Crippen molar-refractivity contribution >= 4 is 17.7 Å². The Morgan fingerprint density at radius 1 is 1.04 bits per heavy atom. The summed E-state index contributed by atoms with van der Waals surface area (Å²) in [5.74, 6) is 1.35. The minimum atomic E-state index is -2.82. The van der Waals surface area contributed by atoms with Crippen LogP contribution in [0.1, 0.15) is 11.1 Å². The molecule has 0 saturated heterocycles. The van der Waals surface area contributed by atoms with E-state index in [1.54, 1.807) is 23.9 Å². The van der Waals surface area contributed by atoms with Crippen molar-refractivity contribution in [2.24, 2.45) is 0 Å². The largest absolute Gasteiger partial charge is 0.435 e. The predicted molar refractivity (Wildman–Crippen MR) is 92.4 cm³/mol. The maximum atomic E-state index is 12.1. The number of halogens is 2. The van der Waals surface area contributed by atoms with E-state index in [0.717, 1.165) is 11.3 Å². The van der Waals surface area contributed by atoms with Crippen molar-refractivity contribution in [1.82, 2.24) is 5.32 Å². The van der Waals surface area contributed by atoms with Crippen molar-refractivity contribution in [3.8, 4) is 5.75 Å². The molecular weight excluding hydrogens is 332 g/mol. The molecule has 0 aromatic heterocycles. The van der Waals surface area contributed by atoms with E-state index < -0.39 is 6.61 Å². The van der Waals surface area contributed by atoms with Gasteiger partial charge in [0, 0.05) is 12.3 Å². The fourth-order valence-corrected chi connectivity index (χ4v) is 2.89. The van der Waals surface area contributed by atoms with Crippen molar-refractivity contribution < 1.29 is 18.3 Å². The van der Waals surface area contributed by atoms with Crippen molar-refractivity contribution in [3.63, 3.8) is 0 Å². The summed E-state index contributed by atoms with van der Waals surface area (Å²) in [5.41, 5.74) is 2.15. The molecular formula is C18H19F2NO2S. The zero-order valence-electron chi connectivity index (χ0n) is 13.1. The summed E-state index contributed by atoms with van der Waals surface area (Å²) in [6.07, 6.45) is 0.643. The van der Waals surface area contributed by atoms with Crippen LogP contribution in [0.4, 0.5) is 8.78 Å². The Morgan fingerprint density at radius 3 is 2.42 bits per heavy atom. The molecule has 0 aliphatic carbocycles. The lowest BCUT2D eigenvalue weighted by atomic mass is 10.1. The summed E-state index contributed by atoms with van der Waals surface area (Å²) >= 11 is 1.57. The van der Waals surface area contributed by atoms with Crippen LogP contribution in [-0.2, 0) is 17.0 Å². The van der Waals surface area contributed by atoms with Crippen LogP contribution >= 0.6 is 11.8 Å². The number of carbonyl (C=O) groups is 1. The molecule has 0 bridgehead atoms. The highest BCUT2D eigenvalue weighted by atomic mass is 32.2. The quantitative estimate of drug-likeness (QED) is 0.745. The molecule has 6 heteroatoms. The van der Waals surface area contributed by atoms with Gasteiger partial charge in [-0.25, -0.2) is 0 Å². The lowest BCUT2D eigenvalue weighted by Crippen LogP contribution is -2.27. The Balaban J connectivity index is 1.62. The Labute approximate surface area is 144 Å². The number of nitrogens with one attached hydrogen (secondary N) is 1. The Hall–Kier alpha value is -2.08. The maximum Gasteiger partial charge on any atom is 0.387 e. The van der Waals surface area contributed by atoms with Crippen molar-refractivity contribution in [2.45, 2.75) is 18.8 Å². The second-order valence-electron chi connectivity index (χ2n) is 5.10. The smallest absolute Gasteiger partial charge is 0.387 e. The lowest BCUT2D eigenvalue weighted by Gasteiger charge is -2.07. The Morgan fingerprint density at radius 2 is 1.75 bits per heavy atom. The molecule has 0 atom stereocenters. The first-order valence-corrected chi connectivity index (χ1v) is 8.71. The number of amides is 1. The molecule has 0 radical (unpaired) electrons. The van der Waals surface area contributed by atoms with Crippen LogP contribution in [0.2, 0.25) is 0 Å². The van der Waals surface area contributed by atoms with Crippen LogP contribution in [-0.4, -0.2) is 24.8 Å². The van der Waals surface area contributed by atoms with Crippen LogP contribution in [0.5, 0.6) is 5.75 Å². The van der Waals surface area contributed by atoms with Crippen LogP contribution < -0.4 is 10.1 Å². The van der Waals surface area contributed by atoms with Gasteiger partial charge in [0.25, 0.3) is 0 Å². The second kappa shape index (κ2) is 9.93. The number of carbonyl (C=O) groups excluding carboxylic acids is 1. The Bertz CT molecular complexity index is 621. The average Bonchev–Trinajstić information content (AvgIpc) is 2.57. The Kier molecular flexibility index (Phi) is 7.55. The van der Waals surface area contributed by atoms with Crippen LogP contribution in [0.15, 0.2) is 54.6 Å². The van der Waals surface area contributed by atoms with Gasteiger partial charge >= 0.3 is 6.61 Å². The van der Waals surface area contributed by atoms with Gasteiger partial charge in [-0.15, -0.1) is 11.8 Å². The van der Waals surface area contributed by atoms with Gasteiger partial charge in [0.2, 0.25) is 5.91 Å². The molecule has 128 valence electrons. The van der Waals surface area contributed by atoms with Crippen molar-refractivity contribution in [3.05, 3.63) is 65.7 Å². The molecule has 0 fully saturated rings. The van der Waals surface area contributed by atoms with Gasteiger partial charge in [-0.05, 0) is 29.7 Å². The highest BCUT2D eigenvalue weighted by molar-refractivity contribution is 7.99. The second-order valence-corrected chi connectivity index (χ2v) is 6.09. The molecule has 0 aliphatic rings. The van der Waals surface area contributed by atoms with E-state index in [0.29, 0.717) is 18.7 Å². The van der Waals surface area contributed by atoms with E-state index >= 15 is 0 Å². The van der Waals surface area contributed by atoms with Crippen molar-refractivity contribution in [2.75, 3.05) is 12.3 Å². The van der Waals surface area contributed by atoms with Gasteiger partial charge in [-0.3, -0.25) is 4.79 Å². The summed E-state index contributed by atoms with van der Waals surface area (Å²) in [6.45, 7) is -2.30. The average molecular weight is 351 g/mol. The van der Waals surface area contributed by atoms with Gasteiger partial charge < -0.3 is 10.1 Å². The number of hydrogen-bond acceptors (Lipinski definition) is 3. The number of ether oxygens (including phenoxy) is 1. The van der Waals surface area contributed by atoms with E-state index in [2.05, 4.69) is 10.1 Å². The monoisotopic (exact) mass is 351 g/mol. The molecule has 3 nitrogen and oxygen atoms in total. The van der Waals surface area contributed by atoms with E-state index in [1.165, 1.54) is 17.7 Å². The molecule has 0 heterocycles. The van der Waals surface area contributed by atoms with Gasteiger partial charge in [-0.1, -0.05) is 42.5 Å². The van der Waals surface area contributed by atoms with Crippen molar-refractivity contribution in [1.29, 1.82) is 0 Å². The standard InChI is InChI=1S/C18H19F2NO2S/c19-18(20)23-16-8-6-14(7-9-16)10-11-21-17(22)13-24-12-15-4-2-1-3-5-15/h1-9,18H,10-13H2,(H,21,22). The summed E-state index contributed by atoms with van der Waals surface area (Å²) in [5, 5.41) is 2.85. The van der Waals surface area contributed by atoms with E-state index in [9.17, 15) is 13.6 Å². The number of hydrogen-bond donors (Lipinski definition) is 1. The minimum absolute atomic E-state index is 0.00594. The van der Waals surface area contributed by atoms with E-state index in [4.69, 9.17) is 0 Å². The van der Waals surface area contributed by atoms with Gasteiger partial charge in [0.1, 0.15) is 5.75 Å². The van der Waals surface area contributed by atoms with E-state index in [1.807, 2.05) is 30.3 Å². The summed E-state index contributed by atoms with van der Waals surface area (Å²) in [6, 6.07) is 16.4. The molecule has 1 N–H and O–H groups in total. The number of thioether (sulfide) groups is 1. The fraction of sp³-hybridized carbons (Fsp3) is 0.278. The molecule has 0 saturated carbocycles. The van der Waals surface area contributed by atoms with Gasteiger partial charge in [-0.2, -0.15) is 8.78 Å². The molecule has 2 aromatic carbocycles. The molecule has 24 heavy (non-hydrogen) atoms. The molecule has 0 aliphatic heterocycles. The predicted octanol–water partition coefficient (Wildman–Crippen LogP) is 3.88. The molecule has 1 amide bonds. The minimum Gasteiger partial charge on any atom is -0.435 e. The topological polar surface area (TPSA) is 38.3 Å². The normalized spacial score (nSPS) is 10.6. The third-order valence-electron chi connectivity index (χ3n) is 3.23. The first kappa shape index (κ1) is 18.3. The highest BCUT2D eigenvalue weighted by Gasteiger charge is 2.04. The third kappa shape index (κ3) is 7.00. The van der Waals surface area contributed by atoms with Gasteiger partial charge in [0.15, 0.2) is 0 Å².